The average molecular weight is 243 g/mol. The fraction of sp³-hybridized carbons (Fsp3) is 0.0769. The Balaban J connectivity index is 1.85. The predicted octanol–water partition coefficient (Wildman–Crippen LogP) is 1.44. The normalized spacial score (nSPS) is 10.7. The fourth-order valence-electron chi connectivity index (χ4n) is 1.38. The Morgan fingerprint density at radius 1 is 1.33 bits per heavy atom. The maximum Gasteiger partial charge on any atom is 0.244 e. The summed E-state index contributed by atoms with van der Waals surface area (Å²) in [6, 6.07) is 8.40. The number of aromatic hydroxyl groups is 1. The zero-order valence-corrected chi connectivity index (χ0v) is 9.63. The van der Waals surface area contributed by atoms with Crippen molar-refractivity contribution in [2.75, 3.05) is 0 Å². The van der Waals surface area contributed by atoms with Gasteiger partial charge in [0.25, 0.3) is 0 Å². The van der Waals surface area contributed by atoms with Crippen molar-refractivity contribution < 1.29 is 9.90 Å². The summed E-state index contributed by atoms with van der Waals surface area (Å²) in [5.41, 5.74) is 1.70. The van der Waals surface area contributed by atoms with E-state index in [1.807, 2.05) is 0 Å². The molecule has 5 heteroatoms. The number of hydrogen-bond donors (Lipinski definition) is 3. The molecule has 1 amide bonds. The SMILES string of the molecule is O=C(C=Cc1ccc(O)cc1)NCc1ccn[nH]1. The molecule has 2 aromatic rings. The standard InChI is InChI=1S/C13H13N3O2/c17-12-4-1-10(2-5-12)3-6-13(18)14-9-11-7-8-15-16-11/h1-8,17H,9H2,(H,14,18)(H,15,16). The minimum atomic E-state index is -0.183. The van der Waals surface area contributed by atoms with Crippen molar-refractivity contribution in [1.29, 1.82) is 0 Å². The monoisotopic (exact) mass is 243 g/mol. The van der Waals surface area contributed by atoms with E-state index in [4.69, 9.17) is 5.11 Å². The third kappa shape index (κ3) is 3.48. The highest BCUT2D eigenvalue weighted by atomic mass is 16.3. The first-order valence-corrected chi connectivity index (χ1v) is 5.47. The van der Waals surface area contributed by atoms with Gasteiger partial charge < -0.3 is 10.4 Å². The number of aromatic nitrogens is 2. The summed E-state index contributed by atoms with van der Waals surface area (Å²) in [6.45, 7) is 0.415. The lowest BCUT2D eigenvalue weighted by Crippen LogP contribution is -2.20. The molecule has 0 saturated heterocycles. The highest BCUT2D eigenvalue weighted by Crippen LogP contribution is 2.10. The van der Waals surface area contributed by atoms with Gasteiger partial charge in [0.1, 0.15) is 5.75 Å². The molecule has 1 aromatic carbocycles. The first-order chi connectivity index (χ1) is 8.74. The first-order valence-electron chi connectivity index (χ1n) is 5.47. The number of carbonyl (C=O) groups is 1. The molecule has 2 rings (SSSR count). The molecular weight excluding hydrogens is 230 g/mol. The number of phenolic OH excluding ortho intramolecular Hbond substituents is 1. The number of amides is 1. The van der Waals surface area contributed by atoms with Crippen LogP contribution < -0.4 is 5.32 Å². The van der Waals surface area contributed by atoms with Crippen LogP contribution in [0.25, 0.3) is 6.08 Å². The highest BCUT2D eigenvalue weighted by Gasteiger charge is 1.97. The molecule has 0 fully saturated rings. The second-order valence-electron chi connectivity index (χ2n) is 3.72. The molecule has 0 atom stereocenters. The van der Waals surface area contributed by atoms with E-state index in [0.717, 1.165) is 11.3 Å². The van der Waals surface area contributed by atoms with Crippen LogP contribution in [0.4, 0.5) is 0 Å². The van der Waals surface area contributed by atoms with Crippen LogP contribution in [0.5, 0.6) is 5.75 Å². The Morgan fingerprint density at radius 2 is 2.11 bits per heavy atom. The van der Waals surface area contributed by atoms with Crippen LogP contribution >= 0.6 is 0 Å². The quantitative estimate of drug-likeness (QED) is 0.711. The zero-order chi connectivity index (χ0) is 12.8. The van der Waals surface area contributed by atoms with Gasteiger partial charge in [-0.15, -0.1) is 0 Å². The minimum Gasteiger partial charge on any atom is -0.508 e. The molecule has 0 aliphatic rings. The lowest BCUT2D eigenvalue weighted by atomic mass is 10.2. The van der Waals surface area contributed by atoms with Gasteiger partial charge in [-0.25, -0.2) is 0 Å². The van der Waals surface area contributed by atoms with Crippen molar-refractivity contribution in [3.05, 3.63) is 53.9 Å². The van der Waals surface area contributed by atoms with Crippen LogP contribution in [0, 0.1) is 0 Å². The molecule has 92 valence electrons. The smallest absolute Gasteiger partial charge is 0.244 e. The van der Waals surface area contributed by atoms with Crippen LogP contribution in [-0.4, -0.2) is 21.2 Å². The Hall–Kier alpha value is -2.56. The number of carbonyl (C=O) groups excluding carboxylic acids is 1. The van der Waals surface area contributed by atoms with Gasteiger partial charge in [-0.1, -0.05) is 12.1 Å². The van der Waals surface area contributed by atoms with Crippen molar-refractivity contribution in [3.8, 4) is 5.75 Å². The number of aromatic amines is 1. The van der Waals surface area contributed by atoms with Gasteiger partial charge in [0.15, 0.2) is 0 Å². The molecule has 0 aliphatic carbocycles. The molecule has 0 spiro atoms. The maximum absolute atomic E-state index is 11.5. The van der Waals surface area contributed by atoms with Crippen LogP contribution in [0.2, 0.25) is 0 Å². The third-order valence-electron chi connectivity index (χ3n) is 2.33. The molecule has 0 bridgehead atoms. The van der Waals surface area contributed by atoms with Crippen LogP contribution in [0.1, 0.15) is 11.3 Å². The van der Waals surface area contributed by atoms with E-state index in [1.54, 1.807) is 42.6 Å². The van der Waals surface area contributed by atoms with Gasteiger partial charge in [-0.2, -0.15) is 5.10 Å². The number of phenols is 1. The number of nitrogens with one attached hydrogen (secondary N) is 2. The van der Waals surface area contributed by atoms with Crippen molar-refractivity contribution in [1.82, 2.24) is 15.5 Å². The second kappa shape index (κ2) is 5.67. The third-order valence-corrected chi connectivity index (χ3v) is 2.33. The second-order valence-corrected chi connectivity index (χ2v) is 3.72. The van der Waals surface area contributed by atoms with E-state index in [0.29, 0.717) is 6.54 Å². The zero-order valence-electron chi connectivity index (χ0n) is 9.63. The molecule has 18 heavy (non-hydrogen) atoms. The van der Waals surface area contributed by atoms with E-state index < -0.39 is 0 Å². The van der Waals surface area contributed by atoms with Gasteiger partial charge in [0.2, 0.25) is 5.91 Å². The van der Waals surface area contributed by atoms with Gasteiger partial charge in [0, 0.05) is 12.3 Å². The number of H-pyrrole nitrogens is 1. The molecule has 0 aliphatic heterocycles. The summed E-state index contributed by atoms with van der Waals surface area (Å²) < 4.78 is 0. The highest BCUT2D eigenvalue weighted by molar-refractivity contribution is 5.91. The van der Waals surface area contributed by atoms with E-state index in [2.05, 4.69) is 15.5 Å². The maximum atomic E-state index is 11.5. The Morgan fingerprint density at radius 3 is 2.78 bits per heavy atom. The van der Waals surface area contributed by atoms with Crippen LogP contribution in [0.15, 0.2) is 42.6 Å². The van der Waals surface area contributed by atoms with Crippen molar-refractivity contribution in [3.63, 3.8) is 0 Å². The summed E-state index contributed by atoms with van der Waals surface area (Å²) >= 11 is 0. The topological polar surface area (TPSA) is 78.0 Å². The summed E-state index contributed by atoms with van der Waals surface area (Å²) in [7, 11) is 0. The molecule has 0 radical (unpaired) electrons. The largest absolute Gasteiger partial charge is 0.508 e. The Kier molecular flexibility index (Phi) is 3.76. The minimum absolute atomic E-state index is 0.183. The first kappa shape index (κ1) is 11.9. The summed E-state index contributed by atoms with van der Waals surface area (Å²) in [5.74, 6) is 0.0218. The molecule has 1 heterocycles. The number of benzene rings is 1. The number of rotatable bonds is 4. The van der Waals surface area contributed by atoms with E-state index in [-0.39, 0.29) is 11.7 Å². The van der Waals surface area contributed by atoms with Gasteiger partial charge in [-0.3, -0.25) is 9.89 Å². The molecule has 0 unspecified atom stereocenters. The molecule has 5 nitrogen and oxygen atoms in total. The van der Waals surface area contributed by atoms with E-state index in [1.165, 1.54) is 6.08 Å². The van der Waals surface area contributed by atoms with Crippen LogP contribution in [-0.2, 0) is 11.3 Å². The summed E-state index contributed by atoms with van der Waals surface area (Å²) in [4.78, 5) is 11.5. The van der Waals surface area contributed by atoms with Crippen LogP contribution in [0.3, 0.4) is 0 Å². The average Bonchev–Trinajstić information content (AvgIpc) is 2.89. The summed E-state index contributed by atoms with van der Waals surface area (Å²) in [6.07, 6.45) is 4.76. The lowest BCUT2D eigenvalue weighted by molar-refractivity contribution is -0.116. The van der Waals surface area contributed by atoms with Gasteiger partial charge in [0.05, 0.1) is 12.2 Å². The van der Waals surface area contributed by atoms with E-state index in [9.17, 15) is 4.79 Å². The molecule has 3 N–H and O–H groups in total. The predicted molar refractivity (Wildman–Crippen MR) is 67.6 cm³/mol. The van der Waals surface area contributed by atoms with E-state index >= 15 is 0 Å². The lowest BCUT2D eigenvalue weighted by Gasteiger charge is -1.99. The Bertz CT molecular complexity index is 530. The number of nitrogens with zero attached hydrogens (tertiary/aromatic N) is 1. The molecule has 1 aromatic heterocycles. The fourth-order valence-corrected chi connectivity index (χ4v) is 1.38. The van der Waals surface area contributed by atoms with Gasteiger partial charge in [-0.05, 0) is 29.8 Å². The van der Waals surface area contributed by atoms with Crippen molar-refractivity contribution >= 4 is 12.0 Å². The summed E-state index contributed by atoms with van der Waals surface area (Å²) in [5, 5.41) is 18.4. The Labute approximate surface area is 104 Å². The van der Waals surface area contributed by atoms with Crippen molar-refractivity contribution in [2.24, 2.45) is 0 Å². The van der Waals surface area contributed by atoms with Gasteiger partial charge >= 0.3 is 0 Å². The van der Waals surface area contributed by atoms with Crippen molar-refractivity contribution in [2.45, 2.75) is 6.54 Å². The number of hydrogen-bond acceptors (Lipinski definition) is 3. The molecular formula is C13H13N3O2. The molecule has 0 saturated carbocycles.